The van der Waals surface area contributed by atoms with E-state index in [0.717, 1.165) is 16.5 Å². The molecule has 0 bridgehead atoms. The fourth-order valence-corrected chi connectivity index (χ4v) is 1.81. The minimum absolute atomic E-state index is 0.181. The molecule has 0 aliphatic rings. The second-order valence-electron chi connectivity index (χ2n) is 3.71. The number of nitrogens with one attached hydrogen (secondary N) is 1. The van der Waals surface area contributed by atoms with E-state index in [1.807, 2.05) is 31.3 Å². The van der Waals surface area contributed by atoms with E-state index in [0.29, 0.717) is 6.42 Å². The number of hydrogen-bond donors (Lipinski definition) is 2. The van der Waals surface area contributed by atoms with Crippen LogP contribution in [-0.2, 0) is 11.2 Å². The van der Waals surface area contributed by atoms with E-state index in [-0.39, 0.29) is 6.42 Å². The van der Waals surface area contributed by atoms with Crippen LogP contribution in [0.3, 0.4) is 0 Å². The van der Waals surface area contributed by atoms with Crippen molar-refractivity contribution in [1.29, 1.82) is 0 Å². The van der Waals surface area contributed by atoms with Crippen molar-refractivity contribution in [2.24, 2.45) is 0 Å². The molecule has 0 aliphatic carbocycles. The lowest BCUT2D eigenvalue weighted by atomic mass is 10.1. The number of para-hydroxylation sites is 1. The Bertz CT molecular complexity index is 499. The van der Waals surface area contributed by atoms with Crippen molar-refractivity contribution in [2.45, 2.75) is 19.8 Å². The van der Waals surface area contributed by atoms with Gasteiger partial charge in [0.1, 0.15) is 0 Å². The van der Waals surface area contributed by atoms with Gasteiger partial charge in [0.05, 0.1) is 0 Å². The van der Waals surface area contributed by atoms with Crippen molar-refractivity contribution in [3.8, 4) is 0 Å². The van der Waals surface area contributed by atoms with E-state index >= 15 is 0 Å². The van der Waals surface area contributed by atoms with Crippen LogP contribution < -0.4 is 0 Å². The van der Waals surface area contributed by atoms with Crippen LogP contribution in [0.2, 0.25) is 0 Å². The number of benzene rings is 1. The summed E-state index contributed by atoms with van der Waals surface area (Å²) in [4.78, 5) is 13.7. The number of fused-ring (bicyclic) bond motifs is 1. The molecule has 3 nitrogen and oxygen atoms in total. The summed E-state index contributed by atoms with van der Waals surface area (Å²) in [5.74, 6) is -0.753. The van der Waals surface area contributed by atoms with Crippen LogP contribution in [0.1, 0.15) is 17.5 Å². The summed E-state index contributed by atoms with van der Waals surface area (Å²) in [5, 5.41) is 9.76. The molecular formula is C12H13NO2. The van der Waals surface area contributed by atoms with Crippen molar-refractivity contribution in [1.82, 2.24) is 4.98 Å². The van der Waals surface area contributed by atoms with Crippen LogP contribution in [0.25, 0.3) is 10.9 Å². The number of carboxylic acids is 1. The maximum Gasteiger partial charge on any atom is 0.303 e. The third kappa shape index (κ3) is 1.86. The number of aromatic nitrogens is 1. The lowest BCUT2D eigenvalue weighted by Gasteiger charge is -1.97. The molecule has 0 radical (unpaired) electrons. The summed E-state index contributed by atoms with van der Waals surface area (Å²) in [6.07, 6.45) is 2.67. The molecule has 0 fully saturated rings. The number of H-pyrrole nitrogens is 1. The van der Waals surface area contributed by atoms with Crippen molar-refractivity contribution < 1.29 is 9.90 Å². The van der Waals surface area contributed by atoms with E-state index in [9.17, 15) is 4.79 Å². The highest BCUT2D eigenvalue weighted by Crippen LogP contribution is 2.22. The zero-order chi connectivity index (χ0) is 10.8. The van der Waals surface area contributed by atoms with Crippen LogP contribution in [0, 0.1) is 6.92 Å². The maximum atomic E-state index is 10.5. The number of rotatable bonds is 3. The van der Waals surface area contributed by atoms with Gasteiger partial charge in [-0.1, -0.05) is 18.2 Å². The quantitative estimate of drug-likeness (QED) is 0.805. The molecule has 0 unspecified atom stereocenters. The fourth-order valence-electron chi connectivity index (χ4n) is 1.81. The number of aryl methyl sites for hydroxylation is 2. The predicted octanol–water partition coefficient (Wildman–Crippen LogP) is 2.49. The van der Waals surface area contributed by atoms with Crippen LogP contribution >= 0.6 is 0 Å². The molecule has 0 aliphatic heterocycles. The molecule has 1 aromatic heterocycles. The van der Waals surface area contributed by atoms with Gasteiger partial charge in [-0.2, -0.15) is 0 Å². The molecule has 1 aromatic carbocycles. The first-order valence-electron chi connectivity index (χ1n) is 4.96. The van der Waals surface area contributed by atoms with Crippen LogP contribution in [-0.4, -0.2) is 16.1 Å². The third-order valence-corrected chi connectivity index (χ3v) is 2.62. The normalized spacial score (nSPS) is 10.7. The largest absolute Gasteiger partial charge is 0.481 e. The van der Waals surface area contributed by atoms with Gasteiger partial charge in [0.25, 0.3) is 0 Å². The summed E-state index contributed by atoms with van der Waals surface area (Å²) in [7, 11) is 0. The van der Waals surface area contributed by atoms with Gasteiger partial charge >= 0.3 is 5.97 Å². The van der Waals surface area contributed by atoms with E-state index in [1.54, 1.807) is 0 Å². The van der Waals surface area contributed by atoms with Gasteiger partial charge in [0.15, 0.2) is 0 Å². The zero-order valence-corrected chi connectivity index (χ0v) is 8.58. The number of carboxylic acid groups (broad SMARTS) is 1. The molecule has 1 heterocycles. The Kier molecular flexibility index (Phi) is 2.46. The van der Waals surface area contributed by atoms with Gasteiger partial charge in [0.2, 0.25) is 0 Å². The van der Waals surface area contributed by atoms with Crippen molar-refractivity contribution in [3.63, 3.8) is 0 Å². The van der Waals surface area contributed by atoms with Crippen molar-refractivity contribution in [2.75, 3.05) is 0 Å². The standard InChI is InChI=1S/C12H13NO2/c1-8-3-2-4-10-9(5-6-11(14)15)7-13-12(8)10/h2-4,7,13H,5-6H2,1H3,(H,14,15). The summed E-state index contributed by atoms with van der Waals surface area (Å²) in [6, 6.07) is 6.06. The average molecular weight is 203 g/mol. The van der Waals surface area contributed by atoms with Crippen LogP contribution in [0.15, 0.2) is 24.4 Å². The molecule has 2 aromatic rings. The zero-order valence-electron chi connectivity index (χ0n) is 8.58. The average Bonchev–Trinajstić information content (AvgIpc) is 2.59. The van der Waals surface area contributed by atoms with Gasteiger partial charge in [-0.25, -0.2) is 0 Å². The summed E-state index contributed by atoms with van der Waals surface area (Å²) >= 11 is 0. The molecule has 0 amide bonds. The number of aliphatic carboxylic acids is 1. The molecule has 2 rings (SSSR count). The smallest absolute Gasteiger partial charge is 0.303 e. The fraction of sp³-hybridized carbons (Fsp3) is 0.250. The first-order valence-corrected chi connectivity index (χ1v) is 4.96. The first-order chi connectivity index (χ1) is 7.18. The monoisotopic (exact) mass is 203 g/mol. The highest BCUT2D eigenvalue weighted by Gasteiger charge is 2.06. The molecule has 0 saturated heterocycles. The highest BCUT2D eigenvalue weighted by atomic mass is 16.4. The Morgan fingerprint density at radius 3 is 3.00 bits per heavy atom. The molecule has 0 spiro atoms. The van der Waals surface area contributed by atoms with Gasteiger partial charge in [-0.05, 0) is 24.5 Å². The van der Waals surface area contributed by atoms with Crippen molar-refractivity contribution >= 4 is 16.9 Å². The SMILES string of the molecule is Cc1cccc2c(CCC(=O)O)c[nH]c12. The number of hydrogen-bond acceptors (Lipinski definition) is 1. The van der Waals surface area contributed by atoms with Gasteiger partial charge < -0.3 is 10.1 Å². The molecule has 15 heavy (non-hydrogen) atoms. The molecule has 0 atom stereocenters. The Labute approximate surface area is 87.7 Å². The summed E-state index contributed by atoms with van der Waals surface area (Å²) in [5.41, 5.74) is 3.38. The molecular weight excluding hydrogens is 190 g/mol. The second kappa shape index (κ2) is 3.77. The number of aromatic amines is 1. The minimum atomic E-state index is -0.753. The Morgan fingerprint density at radius 2 is 2.27 bits per heavy atom. The summed E-state index contributed by atoms with van der Waals surface area (Å²) < 4.78 is 0. The lowest BCUT2D eigenvalue weighted by molar-refractivity contribution is -0.136. The summed E-state index contributed by atoms with van der Waals surface area (Å²) in [6.45, 7) is 2.04. The van der Waals surface area contributed by atoms with Crippen LogP contribution in [0.4, 0.5) is 0 Å². The topological polar surface area (TPSA) is 53.1 Å². The second-order valence-corrected chi connectivity index (χ2v) is 3.71. The Balaban J connectivity index is 2.37. The van der Waals surface area contributed by atoms with Gasteiger partial charge in [0, 0.05) is 23.5 Å². The highest BCUT2D eigenvalue weighted by molar-refractivity contribution is 5.86. The van der Waals surface area contributed by atoms with Crippen molar-refractivity contribution in [3.05, 3.63) is 35.5 Å². The number of carbonyl (C=O) groups is 1. The molecule has 2 N–H and O–H groups in total. The predicted molar refractivity (Wildman–Crippen MR) is 59.0 cm³/mol. The lowest BCUT2D eigenvalue weighted by Crippen LogP contribution is -1.96. The van der Waals surface area contributed by atoms with E-state index in [2.05, 4.69) is 4.98 Å². The Hall–Kier alpha value is -1.77. The van der Waals surface area contributed by atoms with E-state index in [1.165, 1.54) is 5.56 Å². The first kappa shape index (κ1) is 9.77. The minimum Gasteiger partial charge on any atom is -0.481 e. The molecule has 3 heteroatoms. The maximum absolute atomic E-state index is 10.5. The van der Waals surface area contributed by atoms with E-state index < -0.39 is 5.97 Å². The van der Waals surface area contributed by atoms with Gasteiger partial charge in [-0.15, -0.1) is 0 Å². The van der Waals surface area contributed by atoms with Gasteiger partial charge in [-0.3, -0.25) is 4.79 Å². The molecule has 0 saturated carbocycles. The molecule has 78 valence electrons. The van der Waals surface area contributed by atoms with E-state index in [4.69, 9.17) is 5.11 Å². The van der Waals surface area contributed by atoms with Crippen LogP contribution in [0.5, 0.6) is 0 Å². The third-order valence-electron chi connectivity index (χ3n) is 2.62. The Morgan fingerprint density at radius 1 is 1.47 bits per heavy atom.